The van der Waals surface area contributed by atoms with Crippen LogP contribution in [-0.4, -0.2) is 63.8 Å². The van der Waals surface area contributed by atoms with E-state index in [0.29, 0.717) is 35.7 Å². The summed E-state index contributed by atoms with van der Waals surface area (Å²) in [6.07, 6.45) is 3.91. The number of carbonyl (C=O) groups excluding carboxylic acids is 1. The van der Waals surface area contributed by atoms with Crippen LogP contribution in [-0.2, 0) is 6.42 Å². The van der Waals surface area contributed by atoms with Crippen molar-refractivity contribution in [2.45, 2.75) is 6.42 Å². The van der Waals surface area contributed by atoms with Gasteiger partial charge in [-0.25, -0.2) is 4.68 Å². The van der Waals surface area contributed by atoms with Crippen molar-refractivity contribution in [3.8, 4) is 28.3 Å². The molecule has 2 heterocycles. The van der Waals surface area contributed by atoms with Gasteiger partial charge in [-0.05, 0) is 64.0 Å². The molecule has 1 amide bonds. The molecule has 0 aliphatic carbocycles. The number of tetrazole rings is 1. The van der Waals surface area contributed by atoms with Crippen LogP contribution >= 0.6 is 0 Å². The van der Waals surface area contributed by atoms with E-state index in [-0.39, 0.29) is 5.91 Å². The van der Waals surface area contributed by atoms with E-state index in [1.807, 2.05) is 48.5 Å². The highest BCUT2D eigenvalue weighted by Crippen LogP contribution is 2.33. The lowest BCUT2D eigenvalue weighted by Crippen LogP contribution is -2.29. The number of benzene rings is 2. The van der Waals surface area contributed by atoms with Gasteiger partial charge in [-0.2, -0.15) is 0 Å². The number of methoxy groups -OCH3 is 2. The first-order chi connectivity index (χ1) is 16.1. The van der Waals surface area contributed by atoms with Gasteiger partial charge in [-0.3, -0.25) is 9.78 Å². The number of carbonyl (C=O) groups is 1. The quantitative estimate of drug-likeness (QED) is 0.412. The number of rotatable bonds is 8. The zero-order valence-electron chi connectivity index (χ0n) is 18.7. The molecule has 168 valence electrons. The van der Waals surface area contributed by atoms with Crippen molar-refractivity contribution in [3.63, 3.8) is 0 Å². The molecule has 0 atom stereocenters. The van der Waals surface area contributed by atoms with E-state index in [2.05, 4.69) is 20.5 Å². The smallest absolute Gasteiger partial charge is 0.253 e. The second kappa shape index (κ2) is 9.90. The van der Waals surface area contributed by atoms with Crippen LogP contribution in [0.25, 0.3) is 16.8 Å². The van der Waals surface area contributed by atoms with Crippen LogP contribution < -0.4 is 9.47 Å². The molecule has 0 bridgehead atoms. The number of hydrogen-bond donors (Lipinski definition) is 0. The number of aromatic nitrogens is 5. The number of pyridine rings is 1. The molecule has 0 N–H and O–H groups in total. The number of ether oxygens (including phenoxy) is 2. The first kappa shape index (κ1) is 21.9. The van der Waals surface area contributed by atoms with Crippen molar-refractivity contribution >= 4 is 5.91 Å². The molecule has 0 saturated heterocycles. The van der Waals surface area contributed by atoms with E-state index < -0.39 is 0 Å². The summed E-state index contributed by atoms with van der Waals surface area (Å²) in [6.45, 7) is 0.538. The summed E-state index contributed by atoms with van der Waals surface area (Å²) in [4.78, 5) is 19.3. The third-order valence-electron chi connectivity index (χ3n) is 5.27. The lowest BCUT2D eigenvalue weighted by molar-refractivity contribution is 0.0796. The molecule has 0 radical (unpaired) electrons. The molecule has 2 aromatic carbocycles. The van der Waals surface area contributed by atoms with Gasteiger partial charge in [-0.15, -0.1) is 5.10 Å². The molecule has 9 heteroatoms. The number of hydrogen-bond acceptors (Lipinski definition) is 7. The zero-order chi connectivity index (χ0) is 23.2. The van der Waals surface area contributed by atoms with Crippen LogP contribution in [0.1, 0.15) is 16.1 Å². The Morgan fingerprint density at radius 2 is 1.85 bits per heavy atom. The maximum atomic E-state index is 13.3. The normalized spacial score (nSPS) is 10.6. The van der Waals surface area contributed by atoms with Crippen LogP contribution in [0, 0.1) is 0 Å². The Morgan fingerprint density at radius 1 is 1.00 bits per heavy atom. The van der Waals surface area contributed by atoms with Crippen molar-refractivity contribution in [1.82, 2.24) is 30.1 Å². The fraction of sp³-hybridized carbons (Fsp3) is 0.208. The lowest BCUT2D eigenvalue weighted by atomic mass is 10.0. The summed E-state index contributed by atoms with van der Waals surface area (Å²) in [5.74, 6) is 1.12. The highest BCUT2D eigenvalue weighted by molar-refractivity contribution is 5.96. The summed E-state index contributed by atoms with van der Waals surface area (Å²) in [7, 11) is 4.96. The maximum Gasteiger partial charge on any atom is 0.253 e. The summed E-state index contributed by atoms with van der Waals surface area (Å²) >= 11 is 0. The van der Waals surface area contributed by atoms with Crippen LogP contribution in [0.4, 0.5) is 0 Å². The molecule has 0 aliphatic rings. The standard InChI is InChI=1S/C24H24N6O3/c1-29(11-9-20-6-4-5-10-25-20)24(31)19-12-18(13-21(14-19)30-16-26-27-28-30)17-7-8-22(32-2)23(15-17)33-3/h4-8,10,12-16H,9,11H2,1-3H3. The summed E-state index contributed by atoms with van der Waals surface area (Å²) < 4.78 is 12.3. The van der Waals surface area contributed by atoms with Gasteiger partial charge in [-0.1, -0.05) is 12.1 Å². The molecule has 9 nitrogen and oxygen atoms in total. The second-order valence-corrected chi connectivity index (χ2v) is 7.39. The zero-order valence-corrected chi connectivity index (χ0v) is 18.7. The molecule has 0 saturated carbocycles. The molecule has 0 unspecified atom stereocenters. The van der Waals surface area contributed by atoms with E-state index in [9.17, 15) is 4.79 Å². The van der Waals surface area contributed by atoms with Crippen LogP contribution in [0.15, 0.2) is 67.1 Å². The first-order valence-electron chi connectivity index (χ1n) is 10.4. The summed E-state index contributed by atoms with van der Waals surface area (Å²) in [5.41, 5.74) is 3.83. The van der Waals surface area contributed by atoms with Gasteiger partial charge in [0.15, 0.2) is 11.5 Å². The average Bonchev–Trinajstić information content (AvgIpc) is 3.42. The Morgan fingerprint density at radius 3 is 2.55 bits per heavy atom. The summed E-state index contributed by atoms with van der Waals surface area (Å²) in [6, 6.07) is 16.9. The SMILES string of the molecule is COc1ccc(-c2cc(C(=O)N(C)CCc3ccccn3)cc(-n3cnnn3)c2)cc1OC. The van der Waals surface area contributed by atoms with Crippen LogP contribution in [0.2, 0.25) is 0 Å². The molecule has 33 heavy (non-hydrogen) atoms. The third kappa shape index (κ3) is 4.98. The van der Waals surface area contributed by atoms with Gasteiger partial charge >= 0.3 is 0 Å². The van der Waals surface area contributed by atoms with Crippen molar-refractivity contribution < 1.29 is 14.3 Å². The minimum atomic E-state index is -0.109. The van der Waals surface area contributed by atoms with E-state index in [1.54, 1.807) is 38.4 Å². The highest BCUT2D eigenvalue weighted by atomic mass is 16.5. The monoisotopic (exact) mass is 444 g/mol. The average molecular weight is 444 g/mol. The van der Waals surface area contributed by atoms with Gasteiger partial charge < -0.3 is 14.4 Å². The van der Waals surface area contributed by atoms with Gasteiger partial charge in [0, 0.05) is 37.5 Å². The van der Waals surface area contributed by atoms with E-state index in [4.69, 9.17) is 9.47 Å². The Labute approximate surface area is 191 Å². The minimum Gasteiger partial charge on any atom is -0.493 e. The fourth-order valence-electron chi connectivity index (χ4n) is 3.48. The van der Waals surface area contributed by atoms with Crippen molar-refractivity contribution in [1.29, 1.82) is 0 Å². The Kier molecular flexibility index (Phi) is 6.58. The number of nitrogens with zero attached hydrogens (tertiary/aromatic N) is 6. The van der Waals surface area contributed by atoms with E-state index in [0.717, 1.165) is 16.8 Å². The van der Waals surface area contributed by atoms with Crippen molar-refractivity contribution in [3.05, 3.63) is 78.4 Å². The minimum absolute atomic E-state index is 0.109. The molecule has 0 spiro atoms. The molecular weight excluding hydrogens is 420 g/mol. The van der Waals surface area contributed by atoms with Crippen LogP contribution in [0.3, 0.4) is 0 Å². The van der Waals surface area contributed by atoms with Gasteiger partial charge in [0.2, 0.25) is 0 Å². The molecule has 4 aromatic rings. The predicted octanol–water partition coefficient (Wildman–Crippen LogP) is 3.06. The van der Waals surface area contributed by atoms with Crippen LogP contribution in [0.5, 0.6) is 11.5 Å². The molecule has 4 rings (SSSR count). The maximum absolute atomic E-state index is 13.3. The number of likely N-dealkylation sites (N-methyl/N-ethyl adjacent to an activating group) is 1. The van der Waals surface area contributed by atoms with Crippen molar-refractivity contribution in [2.75, 3.05) is 27.8 Å². The highest BCUT2D eigenvalue weighted by Gasteiger charge is 2.16. The molecule has 2 aromatic heterocycles. The number of amides is 1. The van der Waals surface area contributed by atoms with E-state index >= 15 is 0 Å². The Hall–Kier alpha value is -4.27. The predicted molar refractivity (Wildman–Crippen MR) is 123 cm³/mol. The molecule has 0 fully saturated rings. The topological polar surface area (TPSA) is 95.3 Å². The first-order valence-corrected chi connectivity index (χ1v) is 10.4. The van der Waals surface area contributed by atoms with Crippen molar-refractivity contribution in [2.24, 2.45) is 0 Å². The third-order valence-corrected chi connectivity index (χ3v) is 5.27. The fourth-order valence-corrected chi connectivity index (χ4v) is 3.48. The Bertz CT molecular complexity index is 1230. The van der Waals surface area contributed by atoms with Gasteiger partial charge in [0.25, 0.3) is 5.91 Å². The van der Waals surface area contributed by atoms with E-state index in [1.165, 1.54) is 11.0 Å². The molecular formula is C24H24N6O3. The Balaban J connectivity index is 1.67. The largest absolute Gasteiger partial charge is 0.493 e. The van der Waals surface area contributed by atoms with Gasteiger partial charge in [0.1, 0.15) is 6.33 Å². The van der Waals surface area contributed by atoms with Gasteiger partial charge in [0.05, 0.1) is 19.9 Å². The lowest BCUT2D eigenvalue weighted by Gasteiger charge is -2.18. The summed E-state index contributed by atoms with van der Waals surface area (Å²) in [5, 5.41) is 11.4. The molecule has 0 aliphatic heterocycles. The second-order valence-electron chi connectivity index (χ2n) is 7.39.